The van der Waals surface area contributed by atoms with Gasteiger partial charge in [-0.2, -0.15) is 0 Å². The van der Waals surface area contributed by atoms with E-state index in [4.69, 9.17) is 0 Å². The van der Waals surface area contributed by atoms with Crippen LogP contribution in [0, 0.1) is 17.8 Å². The normalized spacial score (nSPS) is 29.5. The monoisotopic (exact) mass is 294 g/mol. The van der Waals surface area contributed by atoms with E-state index in [1.165, 1.54) is 51.4 Å². The molecule has 1 saturated carbocycles. The van der Waals surface area contributed by atoms with Crippen molar-refractivity contribution in [3.63, 3.8) is 0 Å². The van der Waals surface area contributed by atoms with Crippen molar-refractivity contribution in [2.45, 2.75) is 71.1 Å². The molecule has 1 heterocycles. The first-order chi connectivity index (χ1) is 10.3. The highest BCUT2D eigenvalue weighted by molar-refractivity contribution is 5.75. The minimum absolute atomic E-state index is 0.273. The molecule has 122 valence electrons. The highest BCUT2D eigenvalue weighted by Crippen LogP contribution is 2.31. The molecule has 1 amide bonds. The van der Waals surface area contributed by atoms with Crippen LogP contribution in [0.2, 0.25) is 0 Å². The van der Waals surface area contributed by atoms with Gasteiger partial charge in [-0.25, -0.2) is 0 Å². The van der Waals surface area contributed by atoms with Gasteiger partial charge >= 0.3 is 0 Å². The first kappa shape index (κ1) is 16.8. The van der Waals surface area contributed by atoms with Gasteiger partial charge < -0.3 is 10.6 Å². The van der Waals surface area contributed by atoms with Gasteiger partial charge in [0.1, 0.15) is 0 Å². The summed E-state index contributed by atoms with van der Waals surface area (Å²) in [7, 11) is 0. The predicted octanol–water partition coefficient (Wildman–Crippen LogP) is 3.49. The SMILES string of the molecule is CCCCC1CCC(CNC(=O)CCC2CCNC2)CC1. The van der Waals surface area contributed by atoms with Gasteiger partial charge in [0.25, 0.3) is 0 Å². The second-order valence-electron chi connectivity index (χ2n) is 7.23. The van der Waals surface area contributed by atoms with E-state index in [1.807, 2.05) is 0 Å². The third-order valence-electron chi connectivity index (χ3n) is 5.46. The molecule has 0 aromatic carbocycles. The molecule has 2 N–H and O–H groups in total. The summed E-state index contributed by atoms with van der Waals surface area (Å²) in [6.45, 7) is 5.44. The Morgan fingerprint density at radius 3 is 2.48 bits per heavy atom. The first-order valence-electron chi connectivity index (χ1n) is 9.25. The van der Waals surface area contributed by atoms with E-state index in [1.54, 1.807) is 0 Å². The average molecular weight is 294 g/mol. The zero-order valence-corrected chi connectivity index (χ0v) is 13.8. The molecule has 0 spiro atoms. The summed E-state index contributed by atoms with van der Waals surface area (Å²) in [6, 6.07) is 0. The van der Waals surface area contributed by atoms with Crippen LogP contribution in [0.25, 0.3) is 0 Å². The smallest absolute Gasteiger partial charge is 0.220 e. The minimum atomic E-state index is 0.273. The van der Waals surface area contributed by atoms with Crippen LogP contribution in [0.4, 0.5) is 0 Å². The molecule has 0 aromatic rings. The highest BCUT2D eigenvalue weighted by atomic mass is 16.1. The summed E-state index contributed by atoms with van der Waals surface area (Å²) in [5.74, 6) is 2.70. The lowest BCUT2D eigenvalue weighted by Crippen LogP contribution is -2.31. The molecule has 2 fully saturated rings. The van der Waals surface area contributed by atoms with Crippen molar-refractivity contribution < 1.29 is 4.79 Å². The molecule has 3 heteroatoms. The van der Waals surface area contributed by atoms with Crippen LogP contribution >= 0.6 is 0 Å². The number of rotatable bonds is 8. The van der Waals surface area contributed by atoms with E-state index < -0.39 is 0 Å². The summed E-state index contributed by atoms with van der Waals surface area (Å²) in [6.07, 6.45) is 12.6. The van der Waals surface area contributed by atoms with Crippen LogP contribution in [0.5, 0.6) is 0 Å². The molecule has 0 radical (unpaired) electrons. The largest absolute Gasteiger partial charge is 0.356 e. The van der Waals surface area contributed by atoms with Gasteiger partial charge in [-0.05, 0) is 56.5 Å². The quantitative estimate of drug-likeness (QED) is 0.719. The fourth-order valence-corrected chi connectivity index (χ4v) is 3.86. The predicted molar refractivity (Wildman–Crippen MR) is 88.2 cm³/mol. The Hall–Kier alpha value is -0.570. The number of hydrogen-bond acceptors (Lipinski definition) is 2. The Morgan fingerprint density at radius 2 is 1.81 bits per heavy atom. The van der Waals surface area contributed by atoms with E-state index in [0.717, 1.165) is 50.2 Å². The summed E-state index contributed by atoms with van der Waals surface area (Å²) < 4.78 is 0. The van der Waals surface area contributed by atoms with Crippen LogP contribution in [0.1, 0.15) is 71.1 Å². The second kappa shape index (κ2) is 9.45. The molecule has 2 aliphatic rings. The van der Waals surface area contributed by atoms with Crippen molar-refractivity contribution in [3.05, 3.63) is 0 Å². The molecule has 0 aromatic heterocycles. The Labute approximate surface area is 130 Å². The number of nitrogens with one attached hydrogen (secondary N) is 2. The standard InChI is InChI=1S/C18H34N2O/c1-2-3-4-15-5-7-16(8-6-15)14-20-18(21)10-9-17-11-12-19-13-17/h15-17,19H,2-14H2,1H3,(H,20,21). The van der Waals surface area contributed by atoms with Crippen LogP contribution in [0.15, 0.2) is 0 Å². The second-order valence-corrected chi connectivity index (χ2v) is 7.23. The summed E-state index contributed by atoms with van der Waals surface area (Å²) >= 11 is 0. The van der Waals surface area contributed by atoms with Crippen LogP contribution in [-0.2, 0) is 4.79 Å². The summed E-state index contributed by atoms with van der Waals surface area (Å²) in [4.78, 5) is 11.9. The van der Waals surface area contributed by atoms with Crippen molar-refractivity contribution in [2.75, 3.05) is 19.6 Å². The topological polar surface area (TPSA) is 41.1 Å². The lowest BCUT2D eigenvalue weighted by atomic mass is 9.80. The van der Waals surface area contributed by atoms with Gasteiger partial charge in [-0.15, -0.1) is 0 Å². The molecular weight excluding hydrogens is 260 g/mol. The fourth-order valence-electron chi connectivity index (χ4n) is 3.86. The van der Waals surface area contributed by atoms with E-state index >= 15 is 0 Å². The zero-order valence-electron chi connectivity index (χ0n) is 13.8. The lowest BCUT2D eigenvalue weighted by Gasteiger charge is -2.28. The van der Waals surface area contributed by atoms with Crippen LogP contribution in [-0.4, -0.2) is 25.5 Å². The average Bonchev–Trinajstić information content (AvgIpc) is 3.03. The maximum atomic E-state index is 11.9. The highest BCUT2D eigenvalue weighted by Gasteiger charge is 2.21. The molecular formula is C18H34N2O. The zero-order chi connectivity index (χ0) is 14.9. The first-order valence-corrected chi connectivity index (χ1v) is 9.25. The maximum Gasteiger partial charge on any atom is 0.220 e. The molecule has 1 aliphatic carbocycles. The summed E-state index contributed by atoms with van der Waals surface area (Å²) in [5.41, 5.74) is 0. The van der Waals surface area contributed by atoms with Gasteiger partial charge in [-0.3, -0.25) is 4.79 Å². The molecule has 2 rings (SSSR count). The van der Waals surface area contributed by atoms with E-state index in [0.29, 0.717) is 0 Å². The van der Waals surface area contributed by atoms with Gasteiger partial charge in [0.05, 0.1) is 0 Å². The van der Waals surface area contributed by atoms with Crippen molar-refractivity contribution in [3.8, 4) is 0 Å². The Balaban J connectivity index is 1.51. The van der Waals surface area contributed by atoms with Crippen molar-refractivity contribution in [2.24, 2.45) is 17.8 Å². The van der Waals surface area contributed by atoms with Gasteiger partial charge in [0.2, 0.25) is 5.91 Å². The Kier molecular flexibility index (Phi) is 7.56. The molecule has 1 atom stereocenters. The maximum absolute atomic E-state index is 11.9. The van der Waals surface area contributed by atoms with E-state index in [9.17, 15) is 4.79 Å². The molecule has 1 saturated heterocycles. The third-order valence-corrected chi connectivity index (χ3v) is 5.46. The van der Waals surface area contributed by atoms with Gasteiger partial charge in [-0.1, -0.05) is 39.0 Å². The fraction of sp³-hybridized carbons (Fsp3) is 0.944. The number of carbonyl (C=O) groups excluding carboxylic acids is 1. The number of hydrogen-bond donors (Lipinski definition) is 2. The molecule has 1 aliphatic heterocycles. The number of unbranched alkanes of at least 4 members (excludes halogenated alkanes) is 1. The number of carbonyl (C=O) groups is 1. The van der Waals surface area contributed by atoms with Crippen LogP contribution in [0.3, 0.4) is 0 Å². The van der Waals surface area contributed by atoms with Crippen LogP contribution < -0.4 is 10.6 Å². The lowest BCUT2D eigenvalue weighted by molar-refractivity contribution is -0.121. The van der Waals surface area contributed by atoms with Crippen molar-refractivity contribution >= 4 is 5.91 Å². The van der Waals surface area contributed by atoms with E-state index in [-0.39, 0.29) is 5.91 Å². The minimum Gasteiger partial charge on any atom is -0.356 e. The number of amides is 1. The Bertz CT molecular complexity index is 292. The molecule has 1 unspecified atom stereocenters. The van der Waals surface area contributed by atoms with Gasteiger partial charge in [0, 0.05) is 13.0 Å². The molecule has 0 bridgehead atoms. The molecule has 3 nitrogen and oxygen atoms in total. The Morgan fingerprint density at radius 1 is 1.05 bits per heavy atom. The third kappa shape index (κ3) is 6.37. The van der Waals surface area contributed by atoms with Gasteiger partial charge in [0.15, 0.2) is 0 Å². The summed E-state index contributed by atoms with van der Waals surface area (Å²) in [5, 5.41) is 6.54. The molecule has 21 heavy (non-hydrogen) atoms. The van der Waals surface area contributed by atoms with Crippen molar-refractivity contribution in [1.82, 2.24) is 10.6 Å². The van der Waals surface area contributed by atoms with E-state index in [2.05, 4.69) is 17.6 Å². The van der Waals surface area contributed by atoms with Crippen molar-refractivity contribution in [1.29, 1.82) is 0 Å².